The van der Waals surface area contributed by atoms with Crippen LogP contribution in [0.4, 0.5) is 0 Å². The summed E-state index contributed by atoms with van der Waals surface area (Å²) in [6.07, 6.45) is 6.89. The van der Waals surface area contributed by atoms with Crippen molar-refractivity contribution in [1.29, 1.82) is 0 Å². The number of aromatic nitrogens is 7. The van der Waals surface area contributed by atoms with Gasteiger partial charge in [0, 0.05) is 30.8 Å². The minimum absolute atomic E-state index is 0.0681. The fourth-order valence-corrected chi connectivity index (χ4v) is 4.27. The first-order valence-electron chi connectivity index (χ1n) is 10.8. The predicted molar refractivity (Wildman–Crippen MR) is 115 cm³/mol. The van der Waals surface area contributed by atoms with E-state index in [1.807, 2.05) is 53.2 Å². The highest BCUT2D eigenvalue weighted by Crippen LogP contribution is 2.36. The van der Waals surface area contributed by atoms with Crippen molar-refractivity contribution in [3.05, 3.63) is 73.1 Å². The van der Waals surface area contributed by atoms with Gasteiger partial charge in [0.25, 0.3) is 0 Å². The van der Waals surface area contributed by atoms with Crippen LogP contribution in [0.5, 0.6) is 11.8 Å². The van der Waals surface area contributed by atoms with E-state index in [9.17, 15) is 0 Å². The normalized spacial score (nSPS) is 24.1. The lowest BCUT2D eigenvalue weighted by atomic mass is 10.1. The molecule has 0 radical (unpaired) electrons. The van der Waals surface area contributed by atoms with E-state index < -0.39 is 0 Å². The van der Waals surface area contributed by atoms with Crippen molar-refractivity contribution in [3.63, 3.8) is 0 Å². The Labute approximate surface area is 189 Å². The van der Waals surface area contributed by atoms with Crippen LogP contribution in [0.15, 0.2) is 67.4 Å². The van der Waals surface area contributed by atoms with E-state index >= 15 is 0 Å². The maximum absolute atomic E-state index is 6.09. The van der Waals surface area contributed by atoms with Crippen LogP contribution in [0.1, 0.15) is 11.7 Å². The molecule has 2 fully saturated rings. The molecular formula is C22H22N8O3. The Bertz CT molecular complexity index is 1180. The number of ether oxygens (including phenoxy) is 3. The van der Waals surface area contributed by atoms with Crippen molar-refractivity contribution in [2.75, 3.05) is 13.2 Å². The average molecular weight is 446 g/mol. The largest absolute Gasteiger partial charge is 0.423 e. The Morgan fingerprint density at radius 2 is 1.94 bits per heavy atom. The molecule has 4 unspecified atom stereocenters. The molecule has 0 spiro atoms. The van der Waals surface area contributed by atoms with Gasteiger partial charge >= 0.3 is 6.01 Å². The first-order chi connectivity index (χ1) is 16.3. The van der Waals surface area contributed by atoms with Crippen molar-refractivity contribution in [2.45, 2.75) is 30.8 Å². The van der Waals surface area contributed by atoms with Crippen LogP contribution in [0, 0.1) is 0 Å². The van der Waals surface area contributed by atoms with Gasteiger partial charge in [0.2, 0.25) is 0 Å². The highest BCUT2D eigenvalue weighted by molar-refractivity contribution is 5.38. The molecule has 2 aliphatic heterocycles. The van der Waals surface area contributed by atoms with Crippen LogP contribution in [-0.4, -0.2) is 66.2 Å². The molecule has 0 aliphatic carbocycles. The number of hydrogen-bond donors (Lipinski definition) is 1. The quantitative estimate of drug-likeness (QED) is 0.451. The summed E-state index contributed by atoms with van der Waals surface area (Å²) in [5, 5.41) is 15.5. The molecule has 6 rings (SSSR count). The monoisotopic (exact) mass is 446 g/mol. The zero-order valence-electron chi connectivity index (χ0n) is 17.6. The van der Waals surface area contributed by atoms with Crippen LogP contribution < -0.4 is 10.1 Å². The van der Waals surface area contributed by atoms with Gasteiger partial charge in [0.1, 0.15) is 24.0 Å². The molecule has 3 aromatic heterocycles. The van der Waals surface area contributed by atoms with Gasteiger partial charge in [-0.05, 0) is 46.8 Å². The summed E-state index contributed by atoms with van der Waals surface area (Å²) in [7, 11) is 0. The molecule has 1 N–H and O–H groups in total. The molecule has 2 aliphatic rings. The lowest BCUT2D eigenvalue weighted by Gasteiger charge is -2.18. The third kappa shape index (κ3) is 3.97. The molecule has 4 atom stereocenters. The Kier molecular flexibility index (Phi) is 5.26. The molecule has 33 heavy (non-hydrogen) atoms. The van der Waals surface area contributed by atoms with Gasteiger partial charge < -0.3 is 24.1 Å². The Hall–Kier alpha value is -3.67. The summed E-state index contributed by atoms with van der Waals surface area (Å²) in [5.41, 5.74) is 1.96. The smallest absolute Gasteiger partial charge is 0.341 e. The maximum Gasteiger partial charge on any atom is 0.341 e. The van der Waals surface area contributed by atoms with Gasteiger partial charge in [0.15, 0.2) is 0 Å². The average Bonchev–Trinajstić information content (AvgIpc) is 3.64. The summed E-state index contributed by atoms with van der Waals surface area (Å²) >= 11 is 0. The van der Waals surface area contributed by atoms with Gasteiger partial charge in [-0.25, -0.2) is 4.98 Å². The number of nitrogens with zero attached hydrogens (tertiary/aromatic N) is 7. The van der Waals surface area contributed by atoms with E-state index in [1.54, 1.807) is 23.4 Å². The first kappa shape index (κ1) is 20.0. The number of tetrazole rings is 1. The second-order valence-electron chi connectivity index (χ2n) is 7.94. The number of fused-ring (bicyclic) bond motifs is 1. The Morgan fingerprint density at radius 3 is 2.76 bits per heavy atom. The van der Waals surface area contributed by atoms with E-state index in [1.165, 1.54) is 0 Å². The zero-order chi connectivity index (χ0) is 22.0. The van der Waals surface area contributed by atoms with Crippen molar-refractivity contribution >= 4 is 0 Å². The standard InChI is InChI=1S/C22H22N8O3/c1-2-8-24-15(3-1)11-25-18-12-31-21-19(13-32-20(18)21)30-22(26-27-28-30)33-17-6-4-16(5-7-17)29-10-9-23-14-29/h1-10,14,18-21,25H,11-13H2. The lowest BCUT2D eigenvalue weighted by Crippen LogP contribution is -2.40. The summed E-state index contributed by atoms with van der Waals surface area (Å²) in [6.45, 7) is 1.64. The van der Waals surface area contributed by atoms with Crippen molar-refractivity contribution in [2.24, 2.45) is 0 Å². The topological polar surface area (TPSA) is 114 Å². The van der Waals surface area contributed by atoms with Gasteiger partial charge in [-0.15, -0.1) is 0 Å². The Balaban J connectivity index is 1.12. The van der Waals surface area contributed by atoms with E-state index in [2.05, 4.69) is 30.8 Å². The van der Waals surface area contributed by atoms with E-state index in [4.69, 9.17) is 14.2 Å². The molecule has 0 amide bonds. The molecule has 0 bridgehead atoms. The number of imidazole rings is 1. The van der Waals surface area contributed by atoms with Gasteiger partial charge in [-0.1, -0.05) is 11.2 Å². The van der Waals surface area contributed by atoms with Crippen LogP contribution in [0.2, 0.25) is 0 Å². The summed E-state index contributed by atoms with van der Waals surface area (Å²) in [6, 6.07) is 13.7. The third-order valence-electron chi connectivity index (χ3n) is 5.92. The van der Waals surface area contributed by atoms with E-state index in [0.29, 0.717) is 31.5 Å². The number of hydrogen-bond acceptors (Lipinski definition) is 9. The molecule has 11 heteroatoms. The maximum atomic E-state index is 6.09. The van der Waals surface area contributed by atoms with Gasteiger partial charge in [-0.2, -0.15) is 4.68 Å². The molecule has 11 nitrogen and oxygen atoms in total. The third-order valence-corrected chi connectivity index (χ3v) is 5.92. The number of rotatable bonds is 7. The van der Waals surface area contributed by atoms with Crippen molar-refractivity contribution < 1.29 is 14.2 Å². The number of nitrogens with one attached hydrogen (secondary N) is 1. The van der Waals surface area contributed by atoms with Gasteiger partial charge in [-0.3, -0.25) is 4.98 Å². The highest BCUT2D eigenvalue weighted by atomic mass is 16.6. The highest BCUT2D eigenvalue weighted by Gasteiger charge is 2.49. The zero-order valence-corrected chi connectivity index (χ0v) is 17.6. The van der Waals surface area contributed by atoms with E-state index in [0.717, 1.165) is 11.4 Å². The van der Waals surface area contributed by atoms with E-state index in [-0.39, 0.29) is 24.3 Å². The summed E-state index contributed by atoms with van der Waals surface area (Å²) in [4.78, 5) is 8.42. The van der Waals surface area contributed by atoms with Crippen LogP contribution in [0.3, 0.4) is 0 Å². The van der Waals surface area contributed by atoms with Crippen molar-refractivity contribution in [3.8, 4) is 17.4 Å². The fraction of sp³-hybridized carbons (Fsp3) is 0.318. The van der Waals surface area contributed by atoms with Crippen LogP contribution >= 0.6 is 0 Å². The lowest BCUT2D eigenvalue weighted by molar-refractivity contribution is 0.0611. The molecule has 2 saturated heterocycles. The second kappa shape index (κ2) is 8.70. The van der Waals surface area contributed by atoms with Gasteiger partial charge in [0.05, 0.1) is 31.3 Å². The first-order valence-corrected chi connectivity index (χ1v) is 10.8. The van der Waals surface area contributed by atoms with Crippen LogP contribution in [0.25, 0.3) is 5.69 Å². The molecule has 4 aromatic rings. The molecule has 0 saturated carbocycles. The molecule has 5 heterocycles. The predicted octanol–water partition coefficient (Wildman–Crippen LogP) is 1.54. The summed E-state index contributed by atoms with van der Waals surface area (Å²) < 4.78 is 21.7. The SMILES string of the molecule is c1ccc(CNC2COC3C2OCC3n2nnnc2Oc2ccc(-n3ccnc3)cc2)nc1. The Morgan fingerprint density at radius 1 is 1.03 bits per heavy atom. The second-order valence-corrected chi connectivity index (χ2v) is 7.94. The molecule has 1 aromatic carbocycles. The number of benzene rings is 1. The number of pyridine rings is 1. The van der Waals surface area contributed by atoms with Crippen molar-refractivity contribution in [1.82, 2.24) is 40.1 Å². The minimum Gasteiger partial charge on any atom is -0.423 e. The fourth-order valence-electron chi connectivity index (χ4n) is 4.27. The minimum atomic E-state index is -0.174. The summed E-state index contributed by atoms with van der Waals surface area (Å²) in [5.74, 6) is 0.632. The molecular weight excluding hydrogens is 424 g/mol. The van der Waals surface area contributed by atoms with Crippen LogP contribution in [-0.2, 0) is 16.0 Å². The molecule has 168 valence electrons.